The lowest BCUT2D eigenvalue weighted by Gasteiger charge is -1.89. The number of nitrogens with zero attached hydrogens (tertiary/aromatic N) is 2. The second-order valence-corrected chi connectivity index (χ2v) is 2.54. The quantitative estimate of drug-likeness (QED) is 0.273. The second-order valence-electron chi connectivity index (χ2n) is 1.76. The molecule has 0 saturated heterocycles. The molecular formula is C7H10N2OS. The Bertz CT molecular complexity index is 208. The first-order chi connectivity index (χ1) is 5.24. The average Bonchev–Trinajstić information content (AvgIpc) is 2.06. The maximum absolute atomic E-state index is 10.1. The summed E-state index contributed by atoms with van der Waals surface area (Å²) in [5.41, 5.74) is 0.570. The Balaban J connectivity index is 4.28. The molecule has 0 N–H and O–H groups in total. The lowest BCUT2D eigenvalue weighted by Crippen LogP contribution is -1.82. The molecule has 0 fully saturated rings. The van der Waals surface area contributed by atoms with Crippen LogP contribution in [0.3, 0.4) is 0 Å². The second kappa shape index (κ2) is 5.85. The summed E-state index contributed by atoms with van der Waals surface area (Å²) in [5.74, 6) is 0. The summed E-state index contributed by atoms with van der Waals surface area (Å²) in [6, 6.07) is 0. The number of aliphatic imine (C=N–C) groups is 2. The summed E-state index contributed by atoms with van der Waals surface area (Å²) in [4.78, 5) is 17.6. The number of allylic oxidation sites excluding steroid dienone is 1. The van der Waals surface area contributed by atoms with Crippen LogP contribution >= 0.6 is 11.8 Å². The summed E-state index contributed by atoms with van der Waals surface area (Å²) < 4.78 is 0. The van der Waals surface area contributed by atoms with E-state index in [9.17, 15) is 4.79 Å². The topological polar surface area (TPSA) is 41.8 Å². The molecule has 0 aliphatic carbocycles. The normalized spacial score (nSPS) is 12.9. The molecule has 0 rings (SSSR count). The first-order valence-electron chi connectivity index (χ1n) is 2.95. The van der Waals surface area contributed by atoms with Crippen LogP contribution in [0.15, 0.2) is 21.8 Å². The van der Waals surface area contributed by atoms with Crippen LogP contribution in [0.25, 0.3) is 0 Å². The predicted octanol–water partition coefficient (Wildman–Crippen LogP) is 1.51. The fraction of sp³-hybridized carbons (Fsp3) is 0.286. The van der Waals surface area contributed by atoms with Crippen LogP contribution in [0.1, 0.15) is 6.92 Å². The molecule has 4 heteroatoms. The van der Waals surface area contributed by atoms with Crippen molar-refractivity contribution >= 4 is 29.9 Å². The monoisotopic (exact) mass is 170 g/mol. The van der Waals surface area contributed by atoms with Crippen LogP contribution in [0.2, 0.25) is 0 Å². The van der Waals surface area contributed by atoms with Gasteiger partial charge in [-0.25, -0.2) is 9.98 Å². The van der Waals surface area contributed by atoms with Crippen LogP contribution in [-0.4, -0.2) is 24.4 Å². The molecule has 0 aliphatic heterocycles. The molecule has 0 heterocycles. The van der Waals surface area contributed by atoms with E-state index in [0.29, 0.717) is 10.7 Å². The maximum Gasteiger partial charge on any atom is 0.186 e. The third-order valence-electron chi connectivity index (χ3n) is 0.882. The third kappa shape index (κ3) is 4.50. The van der Waals surface area contributed by atoms with Gasteiger partial charge in [0, 0.05) is 11.8 Å². The molecule has 0 atom stereocenters. The number of carbonyl (C=O) groups is 1. The molecule has 0 aromatic carbocycles. The van der Waals surface area contributed by atoms with Crippen LogP contribution in [0.5, 0.6) is 0 Å². The van der Waals surface area contributed by atoms with Crippen LogP contribution in [0, 0.1) is 0 Å². The summed E-state index contributed by atoms with van der Waals surface area (Å²) >= 11 is 1.38. The zero-order valence-electron chi connectivity index (χ0n) is 6.57. The highest BCUT2D eigenvalue weighted by atomic mass is 32.2. The first kappa shape index (κ1) is 10.1. The van der Waals surface area contributed by atoms with E-state index in [-0.39, 0.29) is 0 Å². The van der Waals surface area contributed by atoms with Gasteiger partial charge in [-0.2, -0.15) is 0 Å². The van der Waals surface area contributed by atoms with E-state index >= 15 is 0 Å². The lowest BCUT2D eigenvalue weighted by molar-refractivity contribution is -0.104. The van der Waals surface area contributed by atoms with Crippen LogP contribution in [-0.2, 0) is 4.79 Å². The third-order valence-corrected chi connectivity index (χ3v) is 1.48. The van der Waals surface area contributed by atoms with Crippen LogP contribution < -0.4 is 0 Å². The molecule has 0 aromatic heterocycles. The number of amidine groups is 1. The van der Waals surface area contributed by atoms with Gasteiger partial charge in [0.15, 0.2) is 5.17 Å². The van der Waals surface area contributed by atoms with Crippen molar-refractivity contribution in [3.63, 3.8) is 0 Å². The molecule has 0 unspecified atom stereocenters. The zero-order valence-corrected chi connectivity index (χ0v) is 7.39. The Hall–Kier alpha value is -0.900. The highest BCUT2D eigenvalue weighted by molar-refractivity contribution is 8.13. The highest BCUT2D eigenvalue weighted by Gasteiger charge is 1.87. The fourth-order valence-corrected chi connectivity index (χ4v) is 0.633. The van der Waals surface area contributed by atoms with E-state index in [1.807, 2.05) is 6.26 Å². The molecule has 3 nitrogen and oxygen atoms in total. The minimum atomic E-state index is 0.561. The molecule has 0 aliphatic rings. The Morgan fingerprint density at radius 3 is 2.64 bits per heavy atom. The van der Waals surface area contributed by atoms with Gasteiger partial charge in [-0.05, 0) is 19.9 Å². The molecule has 11 heavy (non-hydrogen) atoms. The number of rotatable bonds is 2. The van der Waals surface area contributed by atoms with Crippen molar-refractivity contribution in [2.75, 3.05) is 6.26 Å². The Kier molecular flexibility index (Phi) is 5.37. The summed E-state index contributed by atoms with van der Waals surface area (Å²) in [7, 11) is 0. The molecule has 0 aromatic rings. The Morgan fingerprint density at radius 2 is 2.27 bits per heavy atom. The molecule has 0 bridgehead atoms. The van der Waals surface area contributed by atoms with Gasteiger partial charge in [0.25, 0.3) is 0 Å². The molecular weight excluding hydrogens is 160 g/mol. The largest absolute Gasteiger partial charge is 0.298 e. The SMILES string of the molecule is C=NC(=N/C=C(\C)C=O)SC. The molecule has 0 saturated carbocycles. The lowest BCUT2D eigenvalue weighted by atomic mass is 10.4. The standard InChI is InChI=1S/C7H10N2OS/c1-6(5-10)4-9-7(8-2)11-3/h4-5H,2H2,1,3H3/b6-4+,9-7?. The summed E-state index contributed by atoms with van der Waals surface area (Å²) in [5, 5.41) is 0.561. The van der Waals surface area contributed by atoms with Crippen molar-refractivity contribution in [1.82, 2.24) is 0 Å². The van der Waals surface area contributed by atoms with Gasteiger partial charge in [0.05, 0.1) is 0 Å². The van der Waals surface area contributed by atoms with Crippen molar-refractivity contribution in [1.29, 1.82) is 0 Å². The Morgan fingerprint density at radius 1 is 1.64 bits per heavy atom. The van der Waals surface area contributed by atoms with Gasteiger partial charge < -0.3 is 0 Å². The Labute approximate surface area is 70.3 Å². The smallest absolute Gasteiger partial charge is 0.186 e. The van der Waals surface area contributed by atoms with Gasteiger partial charge in [0.1, 0.15) is 6.29 Å². The van der Waals surface area contributed by atoms with Crippen molar-refractivity contribution in [2.24, 2.45) is 9.98 Å². The fourth-order valence-electron chi connectivity index (χ4n) is 0.346. The van der Waals surface area contributed by atoms with E-state index in [1.165, 1.54) is 18.0 Å². The summed E-state index contributed by atoms with van der Waals surface area (Å²) in [6.45, 7) is 4.99. The first-order valence-corrected chi connectivity index (χ1v) is 4.17. The predicted molar refractivity (Wildman–Crippen MR) is 50.3 cm³/mol. The molecule has 0 radical (unpaired) electrons. The van der Waals surface area contributed by atoms with Gasteiger partial charge in [0.2, 0.25) is 0 Å². The van der Waals surface area contributed by atoms with E-state index in [1.54, 1.807) is 6.92 Å². The summed E-state index contributed by atoms with van der Waals surface area (Å²) in [6.07, 6.45) is 4.05. The number of hydrogen-bond donors (Lipinski definition) is 0. The van der Waals surface area contributed by atoms with Crippen molar-refractivity contribution < 1.29 is 4.79 Å². The van der Waals surface area contributed by atoms with E-state index in [2.05, 4.69) is 16.7 Å². The number of hydrogen-bond acceptors (Lipinski definition) is 3. The molecule has 0 spiro atoms. The van der Waals surface area contributed by atoms with E-state index in [4.69, 9.17) is 0 Å². The van der Waals surface area contributed by atoms with Crippen molar-refractivity contribution in [2.45, 2.75) is 6.92 Å². The van der Waals surface area contributed by atoms with Crippen molar-refractivity contribution in [3.8, 4) is 0 Å². The maximum atomic E-state index is 10.1. The zero-order chi connectivity index (χ0) is 8.69. The van der Waals surface area contributed by atoms with Crippen molar-refractivity contribution in [3.05, 3.63) is 11.8 Å². The minimum Gasteiger partial charge on any atom is -0.298 e. The van der Waals surface area contributed by atoms with Crippen LogP contribution in [0.4, 0.5) is 0 Å². The highest BCUT2D eigenvalue weighted by Crippen LogP contribution is 2.00. The molecule has 0 amide bonds. The van der Waals surface area contributed by atoms with Gasteiger partial charge in [-0.3, -0.25) is 4.79 Å². The van der Waals surface area contributed by atoms with Gasteiger partial charge >= 0.3 is 0 Å². The number of carbonyl (C=O) groups excluding carboxylic acids is 1. The average molecular weight is 170 g/mol. The minimum absolute atomic E-state index is 0.561. The van der Waals surface area contributed by atoms with Gasteiger partial charge in [-0.1, -0.05) is 11.8 Å². The molecule has 60 valence electrons. The van der Waals surface area contributed by atoms with Gasteiger partial charge in [-0.15, -0.1) is 0 Å². The number of aldehydes is 1. The number of thioether (sulfide) groups is 1. The van der Waals surface area contributed by atoms with E-state index in [0.717, 1.165) is 6.29 Å². The van der Waals surface area contributed by atoms with E-state index < -0.39 is 0 Å².